The molecule has 1 aliphatic rings. The molecule has 0 bridgehead atoms. The summed E-state index contributed by atoms with van der Waals surface area (Å²) in [6, 6.07) is 11.0. The Morgan fingerprint density at radius 1 is 1.14 bits per heavy atom. The fourth-order valence-corrected chi connectivity index (χ4v) is 3.55. The lowest BCUT2D eigenvalue weighted by molar-refractivity contribution is -0.136. The van der Waals surface area contributed by atoms with Gasteiger partial charge in [-0.2, -0.15) is 0 Å². The Morgan fingerprint density at radius 3 is 2.72 bits per heavy atom. The van der Waals surface area contributed by atoms with E-state index in [1.165, 1.54) is 23.2 Å². The number of aromatic nitrogens is 1. The third-order valence-electron chi connectivity index (χ3n) is 4.91. The van der Waals surface area contributed by atoms with Crippen LogP contribution in [0.1, 0.15) is 28.5 Å². The summed E-state index contributed by atoms with van der Waals surface area (Å²) in [5.74, 6) is -3.63. The van der Waals surface area contributed by atoms with Gasteiger partial charge >= 0.3 is 5.97 Å². The SMILES string of the molecule is CCOC(=O)C1=CN(C(=O)c2cccc(F)c2F)CCc2c1[nH]c1ccccc21. The minimum absolute atomic E-state index is 0.165. The van der Waals surface area contributed by atoms with Gasteiger partial charge in [0.15, 0.2) is 11.6 Å². The highest BCUT2D eigenvalue weighted by molar-refractivity contribution is 6.18. The predicted octanol–water partition coefficient (Wildman–Crippen LogP) is 4.05. The van der Waals surface area contributed by atoms with E-state index < -0.39 is 23.5 Å². The zero-order chi connectivity index (χ0) is 20.5. The molecule has 1 aromatic heterocycles. The molecule has 4 rings (SSSR count). The van der Waals surface area contributed by atoms with Gasteiger partial charge < -0.3 is 14.6 Å². The number of rotatable bonds is 3. The largest absolute Gasteiger partial charge is 0.462 e. The average molecular weight is 396 g/mol. The van der Waals surface area contributed by atoms with Crippen LogP contribution in [0.15, 0.2) is 48.7 Å². The Labute approximate surface area is 165 Å². The predicted molar refractivity (Wildman–Crippen MR) is 104 cm³/mol. The van der Waals surface area contributed by atoms with Gasteiger partial charge in [-0.15, -0.1) is 0 Å². The number of H-pyrrole nitrogens is 1. The minimum Gasteiger partial charge on any atom is -0.462 e. The second kappa shape index (κ2) is 7.50. The van der Waals surface area contributed by atoms with E-state index in [0.717, 1.165) is 22.5 Å². The lowest BCUT2D eigenvalue weighted by Gasteiger charge is -2.18. The number of nitrogens with one attached hydrogen (secondary N) is 1. The van der Waals surface area contributed by atoms with Crippen LogP contribution < -0.4 is 0 Å². The van der Waals surface area contributed by atoms with Crippen LogP contribution >= 0.6 is 0 Å². The maximum absolute atomic E-state index is 14.2. The van der Waals surface area contributed by atoms with Gasteiger partial charge in [-0.3, -0.25) is 4.79 Å². The molecule has 7 heteroatoms. The third kappa shape index (κ3) is 3.29. The number of para-hydroxylation sites is 1. The van der Waals surface area contributed by atoms with Gasteiger partial charge in [-0.1, -0.05) is 24.3 Å². The summed E-state index contributed by atoms with van der Waals surface area (Å²) >= 11 is 0. The normalized spacial score (nSPS) is 13.6. The summed E-state index contributed by atoms with van der Waals surface area (Å²) in [5, 5.41) is 0.934. The van der Waals surface area contributed by atoms with Crippen LogP contribution in [0.3, 0.4) is 0 Å². The second-order valence-corrected chi connectivity index (χ2v) is 6.64. The van der Waals surface area contributed by atoms with Crippen LogP contribution in [-0.4, -0.2) is 34.9 Å². The Morgan fingerprint density at radius 2 is 1.93 bits per heavy atom. The number of aromatic amines is 1. The molecule has 3 aromatic rings. The van der Waals surface area contributed by atoms with Crippen LogP contribution in [0.25, 0.3) is 16.5 Å². The number of nitrogens with zero attached hydrogens (tertiary/aromatic N) is 1. The quantitative estimate of drug-likeness (QED) is 0.680. The standard InChI is InChI=1S/C22H18F2N2O3/c1-2-29-22(28)16-12-26(21(27)15-7-5-8-17(23)19(15)24)11-10-14-13-6-3-4-9-18(13)25-20(14)16/h3-9,12,25H,2,10-11H2,1H3. The average Bonchev–Trinajstić information content (AvgIpc) is 2.97. The molecular formula is C22H18F2N2O3. The number of amides is 1. The first-order valence-corrected chi connectivity index (χ1v) is 9.25. The summed E-state index contributed by atoms with van der Waals surface area (Å²) in [7, 11) is 0. The number of carbonyl (C=O) groups excluding carboxylic acids is 2. The molecule has 0 radical (unpaired) electrons. The molecule has 0 unspecified atom stereocenters. The first-order chi connectivity index (χ1) is 14.0. The number of benzene rings is 2. The fraction of sp³-hybridized carbons (Fsp3) is 0.182. The number of hydrogen-bond donors (Lipinski definition) is 1. The zero-order valence-corrected chi connectivity index (χ0v) is 15.7. The van der Waals surface area contributed by atoms with Crippen molar-refractivity contribution < 1.29 is 23.1 Å². The number of hydrogen-bond acceptors (Lipinski definition) is 3. The number of fused-ring (bicyclic) bond motifs is 3. The van der Waals surface area contributed by atoms with Gasteiger partial charge in [0.05, 0.1) is 23.4 Å². The monoisotopic (exact) mass is 396 g/mol. The van der Waals surface area contributed by atoms with E-state index in [-0.39, 0.29) is 24.3 Å². The Hall–Kier alpha value is -3.48. The van der Waals surface area contributed by atoms with Gasteiger partial charge in [-0.05, 0) is 37.1 Å². The van der Waals surface area contributed by atoms with Crippen molar-refractivity contribution in [1.29, 1.82) is 0 Å². The van der Waals surface area contributed by atoms with Crippen LogP contribution in [0.5, 0.6) is 0 Å². The van der Waals surface area contributed by atoms with Crippen molar-refractivity contribution in [3.8, 4) is 0 Å². The molecule has 1 aliphatic heterocycles. The maximum Gasteiger partial charge on any atom is 0.341 e. The molecular weight excluding hydrogens is 378 g/mol. The maximum atomic E-state index is 14.2. The molecule has 0 saturated heterocycles. The van der Waals surface area contributed by atoms with E-state index in [1.54, 1.807) is 6.92 Å². The second-order valence-electron chi connectivity index (χ2n) is 6.64. The van der Waals surface area contributed by atoms with Crippen molar-refractivity contribution >= 4 is 28.4 Å². The molecule has 2 aromatic carbocycles. The number of ether oxygens (including phenoxy) is 1. The molecule has 0 saturated carbocycles. The highest BCUT2D eigenvalue weighted by atomic mass is 19.2. The smallest absolute Gasteiger partial charge is 0.341 e. The summed E-state index contributed by atoms with van der Waals surface area (Å²) in [5.41, 5.74) is 2.08. The van der Waals surface area contributed by atoms with Crippen LogP contribution in [-0.2, 0) is 16.0 Å². The van der Waals surface area contributed by atoms with E-state index in [4.69, 9.17) is 4.74 Å². The molecule has 0 aliphatic carbocycles. The van der Waals surface area contributed by atoms with Crippen molar-refractivity contribution in [1.82, 2.24) is 9.88 Å². The number of halogens is 2. The highest BCUT2D eigenvalue weighted by Gasteiger charge is 2.28. The van der Waals surface area contributed by atoms with Crippen molar-refractivity contribution in [2.24, 2.45) is 0 Å². The fourth-order valence-electron chi connectivity index (χ4n) is 3.55. The summed E-state index contributed by atoms with van der Waals surface area (Å²) in [6.45, 7) is 2.05. The van der Waals surface area contributed by atoms with E-state index >= 15 is 0 Å². The molecule has 148 valence electrons. The molecule has 5 nitrogen and oxygen atoms in total. The minimum atomic E-state index is -1.21. The van der Waals surface area contributed by atoms with Gasteiger partial charge in [0.1, 0.15) is 0 Å². The number of esters is 1. The lowest BCUT2D eigenvalue weighted by Crippen LogP contribution is -2.29. The van der Waals surface area contributed by atoms with E-state index in [9.17, 15) is 18.4 Å². The molecule has 0 atom stereocenters. The first kappa shape index (κ1) is 18.9. The lowest BCUT2D eigenvalue weighted by atomic mass is 10.0. The third-order valence-corrected chi connectivity index (χ3v) is 4.91. The topological polar surface area (TPSA) is 62.4 Å². The van der Waals surface area contributed by atoms with Crippen LogP contribution in [0, 0.1) is 11.6 Å². The van der Waals surface area contributed by atoms with Crippen molar-refractivity contribution in [2.75, 3.05) is 13.2 Å². The van der Waals surface area contributed by atoms with E-state index in [0.29, 0.717) is 12.1 Å². The summed E-state index contributed by atoms with van der Waals surface area (Å²) < 4.78 is 32.9. The zero-order valence-electron chi connectivity index (χ0n) is 15.7. The van der Waals surface area contributed by atoms with E-state index in [2.05, 4.69) is 4.98 Å². The Bertz CT molecular complexity index is 1150. The molecule has 0 spiro atoms. The van der Waals surface area contributed by atoms with Crippen LogP contribution in [0.4, 0.5) is 8.78 Å². The summed E-state index contributed by atoms with van der Waals surface area (Å²) in [4.78, 5) is 30.0. The molecule has 1 N–H and O–H groups in total. The van der Waals surface area contributed by atoms with Gasteiger partial charge in [0, 0.05) is 23.6 Å². The Balaban J connectivity index is 1.82. The number of carbonyl (C=O) groups is 2. The molecule has 0 fully saturated rings. The van der Waals surface area contributed by atoms with Crippen LogP contribution in [0.2, 0.25) is 0 Å². The highest BCUT2D eigenvalue weighted by Crippen LogP contribution is 2.32. The van der Waals surface area contributed by atoms with Gasteiger partial charge in [0.25, 0.3) is 5.91 Å². The molecule has 1 amide bonds. The molecule has 29 heavy (non-hydrogen) atoms. The van der Waals surface area contributed by atoms with Crippen molar-refractivity contribution in [2.45, 2.75) is 13.3 Å². The Kier molecular flexibility index (Phi) is 4.88. The summed E-state index contributed by atoms with van der Waals surface area (Å²) in [6.07, 6.45) is 1.79. The molecule has 2 heterocycles. The van der Waals surface area contributed by atoms with E-state index in [1.807, 2.05) is 24.3 Å². The first-order valence-electron chi connectivity index (χ1n) is 9.25. The van der Waals surface area contributed by atoms with Crippen molar-refractivity contribution in [3.63, 3.8) is 0 Å². The van der Waals surface area contributed by atoms with Gasteiger partial charge in [0.2, 0.25) is 0 Å². The van der Waals surface area contributed by atoms with Gasteiger partial charge in [-0.25, -0.2) is 13.6 Å². The van der Waals surface area contributed by atoms with Crippen molar-refractivity contribution in [3.05, 3.63) is 77.1 Å².